The van der Waals surface area contributed by atoms with Gasteiger partial charge in [-0.15, -0.1) is 0 Å². The van der Waals surface area contributed by atoms with Crippen molar-refractivity contribution < 1.29 is 22.7 Å². The van der Waals surface area contributed by atoms with Crippen molar-refractivity contribution in [2.75, 3.05) is 38.6 Å². The van der Waals surface area contributed by atoms with E-state index in [9.17, 15) is 13.2 Å². The summed E-state index contributed by atoms with van der Waals surface area (Å²) in [6, 6.07) is 18.7. The molecular weight excluding hydrogens is 516 g/mol. The van der Waals surface area contributed by atoms with Crippen molar-refractivity contribution in [1.82, 2.24) is 14.8 Å². The Labute approximate surface area is 230 Å². The number of nitrogens with zero attached hydrogens (tertiary/aromatic N) is 3. The first-order valence-corrected chi connectivity index (χ1v) is 14.4. The van der Waals surface area contributed by atoms with Gasteiger partial charge in [-0.25, -0.2) is 8.42 Å². The fourth-order valence-electron chi connectivity index (χ4n) is 4.65. The molecule has 1 N–H and O–H groups in total. The molecule has 0 saturated carbocycles. The van der Waals surface area contributed by atoms with E-state index < -0.39 is 10.0 Å². The van der Waals surface area contributed by atoms with Gasteiger partial charge < -0.3 is 14.4 Å². The summed E-state index contributed by atoms with van der Waals surface area (Å²) in [4.78, 5) is 22.1. The summed E-state index contributed by atoms with van der Waals surface area (Å²) in [5.41, 5.74) is 1.51. The molecule has 0 unspecified atom stereocenters. The monoisotopic (exact) mass is 552 g/mol. The highest BCUT2D eigenvalue weighted by Crippen LogP contribution is 2.28. The first kappa shape index (κ1) is 28.5. The highest BCUT2D eigenvalue weighted by molar-refractivity contribution is 7.92. The zero-order valence-corrected chi connectivity index (χ0v) is 23.6. The first-order valence-electron chi connectivity index (χ1n) is 12.9. The third kappa shape index (κ3) is 7.14. The van der Waals surface area contributed by atoms with Gasteiger partial charge in [0.1, 0.15) is 12.4 Å². The number of anilines is 1. The van der Waals surface area contributed by atoms with E-state index >= 15 is 0 Å². The van der Waals surface area contributed by atoms with Crippen LogP contribution < -0.4 is 9.46 Å². The first-order chi connectivity index (χ1) is 18.7. The van der Waals surface area contributed by atoms with E-state index in [1.807, 2.05) is 18.2 Å². The number of aromatic nitrogens is 1. The van der Waals surface area contributed by atoms with Gasteiger partial charge in [0.05, 0.1) is 22.3 Å². The van der Waals surface area contributed by atoms with Crippen molar-refractivity contribution >= 4 is 21.6 Å². The molecule has 208 valence electrons. The Hall–Kier alpha value is -3.47. The molecule has 9 nitrogen and oxygen atoms in total. The molecule has 3 aromatic rings. The molecule has 4 rings (SSSR count). The number of rotatable bonds is 6. The lowest BCUT2D eigenvalue weighted by Crippen LogP contribution is -2.46. The number of benzene rings is 2. The molecule has 0 aliphatic carbocycles. The standard InChI is InChI=1S/C29H36N4O5S/c1-21-17-33(18-24-10-8-9-15-30-24)22(2)20-38-27-14-13-23(31-39(35,36)25-11-6-5-7-12-25)16-26(27)29(34)32(3)19-28(21)37-4/h5-16,21-22,28,31H,17-20H2,1-4H3/t21-,22-,28-/m1/s1. The minimum Gasteiger partial charge on any atom is -0.491 e. The van der Waals surface area contributed by atoms with Crippen LogP contribution in [0.25, 0.3) is 0 Å². The summed E-state index contributed by atoms with van der Waals surface area (Å²) in [5.74, 6) is 0.222. The van der Waals surface area contributed by atoms with Crippen molar-refractivity contribution in [1.29, 1.82) is 0 Å². The van der Waals surface area contributed by atoms with Crippen LogP contribution in [0.3, 0.4) is 0 Å². The summed E-state index contributed by atoms with van der Waals surface area (Å²) in [6.45, 7) is 6.27. The molecule has 0 saturated heterocycles. The van der Waals surface area contributed by atoms with E-state index in [0.29, 0.717) is 25.4 Å². The van der Waals surface area contributed by atoms with Crippen LogP contribution in [0.2, 0.25) is 0 Å². The molecule has 2 heterocycles. The summed E-state index contributed by atoms with van der Waals surface area (Å²) in [7, 11) is -0.453. The SMILES string of the molecule is CO[C@@H]1CN(C)C(=O)c2cc(NS(=O)(=O)c3ccccc3)ccc2OC[C@@H](C)N(Cc2ccccn2)C[C@H]1C. The molecule has 2 aromatic carbocycles. The van der Waals surface area contributed by atoms with E-state index in [4.69, 9.17) is 9.47 Å². The smallest absolute Gasteiger partial charge is 0.261 e. The summed E-state index contributed by atoms with van der Waals surface area (Å²) < 4.78 is 40.4. The summed E-state index contributed by atoms with van der Waals surface area (Å²) in [6.07, 6.45) is 1.58. The maximum Gasteiger partial charge on any atom is 0.261 e. The summed E-state index contributed by atoms with van der Waals surface area (Å²) in [5, 5.41) is 0. The fraction of sp³-hybridized carbons (Fsp3) is 0.379. The number of carbonyl (C=O) groups excluding carboxylic acids is 1. The predicted molar refractivity (Wildman–Crippen MR) is 150 cm³/mol. The zero-order valence-electron chi connectivity index (χ0n) is 22.8. The summed E-state index contributed by atoms with van der Waals surface area (Å²) >= 11 is 0. The highest BCUT2D eigenvalue weighted by atomic mass is 32.2. The van der Waals surface area contributed by atoms with Gasteiger partial charge in [-0.05, 0) is 55.3 Å². The number of ether oxygens (including phenoxy) is 2. The van der Waals surface area contributed by atoms with Crippen molar-refractivity contribution in [3.63, 3.8) is 0 Å². The van der Waals surface area contributed by atoms with Crippen molar-refractivity contribution in [2.24, 2.45) is 5.92 Å². The number of amides is 1. The van der Waals surface area contributed by atoms with Crippen LogP contribution in [0.5, 0.6) is 5.75 Å². The van der Waals surface area contributed by atoms with Crippen LogP contribution in [0.4, 0.5) is 5.69 Å². The number of methoxy groups -OCH3 is 1. The molecule has 1 aliphatic rings. The maximum atomic E-state index is 13.6. The molecule has 1 aliphatic heterocycles. The largest absolute Gasteiger partial charge is 0.491 e. The minimum absolute atomic E-state index is 0.00308. The molecule has 1 aromatic heterocycles. The van der Waals surface area contributed by atoms with Crippen LogP contribution in [-0.2, 0) is 21.3 Å². The van der Waals surface area contributed by atoms with Crippen molar-refractivity contribution in [2.45, 2.75) is 37.4 Å². The van der Waals surface area contributed by atoms with Gasteiger partial charge in [0, 0.05) is 51.7 Å². The molecule has 39 heavy (non-hydrogen) atoms. The number of fused-ring (bicyclic) bond motifs is 1. The lowest BCUT2D eigenvalue weighted by atomic mass is 10.0. The molecule has 0 fully saturated rings. The average Bonchev–Trinajstić information content (AvgIpc) is 2.94. The number of pyridine rings is 1. The van der Waals surface area contributed by atoms with Crippen LogP contribution in [0.15, 0.2) is 77.8 Å². The van der Waals surface area contributed by atoms with Gasteiger partial charge >= 0.3 is 0 Å². The lowest BCUT2D eigenvalue weighted by molar-refractivity contribution is 0.00901. The predicted octanol–water partition coefficient (Wildman–Crippen LogP) is 3.89. The van der Waals surface area contributed by atoms with E-state index in [1.54, 1.807) is 55.6 Å². The molecule has 0 radical (unpaired) electrons. The van der Waals surface area contributed by atoms with Crippen LogP contribution in [-0.4, -0.2) is 75.1 Å². The van der Waals surface area contributed by atoms with Gasteiger partial charge in [0.15, 0.2) is 0 Å². The Bertz CT molecular complexity index is 1350. The number of carbonyl (C=O) groups is 1. The Morgan fingerprint density at radius 2 is 1.79 bits per heavy atom. The van der Waals surface area contributed by atoms with E-state index in [2.05, 4.69) is 28.5 Å². The number of likely N-dealkylation sites (N-methyl/N-ethyl adjacent to an activating group) is 1. The minimum atomic E-state index is -3.83. The van der Waals surface area contributed by atoms with E-state index in [0.717, 1.165) is 12.2 Å². The highest BCUT2D eigenvalue weighted by Gasteiger charge is 2.29. The Morgan fingerprint density at radius 1 is 1.05 bits per heavy atom. The van der Waals surface area contributed by atoms with E-state index in [1.165, 1.54) is 18.2 Å². The Kier molecular flexibility index (Phi) is 9.21. The molecule has 0 spiro atoms. The molecule has 3 atom stereocenters. The third-order valence-corrected chi connectivity index (χ3v) is 8.37. The van der Waals surface area contributed by atoms with Gasteiger partial charge in [-0.3, -0.25) is 19.4 Å². The molecular formula is C29H36N4O5S. The number of sulfonamides is 1. The Balaban J connectivity index is 1.65. The van der Waals surface area contributed by atoms with Gasteiger partial charge in [0.25, 0.3) is 15.9 Å². The third-order valence-electron chi connectivity index (χ3n) is 6.97. The second kappa shape index (κ2) is 12.6. The van der Waals surface area contributed by atoms with Crippen molar-refractivity contribution in [3.05, 3.63) is 84.2 Å². The second-order valence-corrected chi connectivity index (χ2v) is 11.7. The fourth-order valence-corrected chi connectivity index (χ4v) is 5.72. The van der Waals surface area contributed by atoms with Crippen molar-refractivity contribution in [3.8, 4) is 5.75 Å². The molecule has 0 bridgehead atoms. The number of hydrogen-bond acceptors (Lipinski definition) is 7. The normalized spacial score (nSPS) is 21.3. The van der Waals surface area contributed by atoms with Crippen LogP contribution in [0, 0.1) is 5.92 Å². The Morgan fingerprint density at radius 3 is 2.49 bits per heavy atom. The van der Waals surface area contributed by atoms with Gasteiger partial charge in [0.2, 0.25) is 0 Å². The molecule has 1 amide bonds. The maximum absolute atomic E-state index is 13.6. The zero-order chi connectivity index (χ0) is 28.0. The van der Waals surface area contributed by atoms with Crippen LogP contribution in [0.1, 0.15) is 29.9 Å². The quantitative estimate of drug-likeness (QED) is 0.495. The molecule has 10 heteroatoms. The second-order valence-electron chi connectivity index (χ2n) is 9.98. The number of nitrogens with one attached hydrogen (secondary N) is 1. The topological polar surface area (TPSA) is 101 Å². The number of hydrogen-bond donors (Lipinski definition) is 1. The van der Waals surface area contributed by atoms with E-state index in [-0.39, 0.29) is 40.1 Å². The van der Waals surface area contributed by atoms with Gasteiger partial charge in [-0.1, -0.05) is 31.2 Å². The van der Waals surface area contributed by atoms with Crippen LogP contribution >= 0.6 is 0 Å². The lowest BCUT2D eigenvalue weighted by Gasteiger charge is -2.35. The average molecular weight is 553 g/mol. The van der Waals surface area contributed by atoms with Gasteiger partial charge in [-0.2, -0.15) is 0 Å².